The van der Waals surface area contributed by atoms with E-state index in [2.05, 4.69) is 11.3 Å². The second-order valence-corrected chi connectivity index (χ2v) is 1.67. The zero-order valence-corrected chi connectivity index (χ0v) is 5.36. The van der Waals surface area contributed by atoms with Gasteiger partial charge in [0.05, 0.1) is 5.76 Å². The highest BCUT2D eigenvalue weighted by Gasteiger charge is 2.02. The molecule has 54 valence electrons. The highest BCUT2D eigenvalue weighted by atomic mass is 19.3. The summed E-state index contributed by atoms with van der Waals surface area (Å²) in [5.74, 6) is 0.160. The van der Waals surface area contributed by atoms with Gasteiger partial charge in [-0.15, -0.1) is 0 Å². The van der Waals surface area contributed by atoms with E-state index in [1.165, 1.54) is 0 Å². The maximum Gasteiger partial charge on any atom is 0.387 e. The van der Waals surface area contributed by atoms with E-state index in [1.807, 2.05) is 6.92 Å². The van der Waals surface area contributed by atoms with Crippen molar-refractivity contribution in [2.75, 3.05) is 0 Å². The summed E-state index contributed by atoms with van der Waals surface area (Å²) >= 11 is 0. The van der Waals surface area contributed by atoms with Crippen LogP contribution in [0.2, 0.25) is 0 Å². The number of ether oxygens (including phenoxy) is 1. The summed E-state index contributed by atoms with van der Waals surface area (Å²) in [6.07, 6.45) is 1.29. The normalized spacial score (nSPS) is 9.78. The predicted octanol–water partition coefficient (Wildman–Crippen LogP) is 2.54. The van der Waals surface area contributed by atoms with Crippen molar-refractivity contribution >= 4 is 0 Å². The van der Waals surface area contributed by atoms with Crippen molar-refractivity contribution in [3.63, 3.8) is 0 Å². The average molecular weight is 136 g/mol. The van der Waals surface area contributed by atoms with Gasteiger partial charge in [0.15, 0.2) is 0 Å². The lowest BCUT2D eigenvalue weighted by atomic mass is 10.3. The fraction of sp³-hybridized carbons (Fsp3) is 0.667. The van der Waals surface area contributed by atoms with Gasteiger partial charge in [-0.3, -0.25) is 0 Å². The van der Waals surface area contributed by atoms with Crippen LogP contribution in [0.25, 0.3) is 0 Å². The SMILES string of the molecule is C=C(CCC)OC(F)F. The van der Waals surface area contributed by atoms with Gasteiger partial charge in [0.2, 0.25) is 0 Å². The Morgan fingerprint density at radius 2 is 2.22 bits per heavy atom. The van der Waals surface area contributed by atoms with Crippen LogP contribution in [0.4, 0.5) is 8.78 Å². The molecule has 0 aliphatic carbocycles. The first-order chi connectivity index (χ1) is 4.16. The maximum atomic E-state index is 11.3. The van der Waals surface area contributed by atoms with Crippen LogP contribution in [0.15, 0.2) is 12.3 Å². The first-order valence-corrected chi connectivity index (χ1v) is 2.79. The number of alkyl halides is 2. The summed E-state index contributed by atoms with van der Waals surface area (Å²) in [5, 5.41) is 0. The zero-order chi connectivity index (χ0) is 7.28. The number of rotatable bonds is 4. The topological polar surface area (TPSA) is 9.23 Å². The van der Waals surface area contributed by atoms with E-state index >= 15 is 0 Å². The third-order valence-corrected chi connectivity index (χ3v) is 0.785. The summed E-state index contributed by atoms with van der Waals surface area (Å²) in [4.78, 5) is 0. The van der Waals surface area contributed by atoms with Crippen molar-refractivity contribution in [2.45, 2.75) is 26.4 Å². The molecular weight excluding hydrogens is 126 g/mol. The Morgan fingerprint density at radius 1 is 1.67 bits per heavy atom. The van der Waals surface area contributed by atoms with Crippen LogP contribution in [-0.2, 0) is 4.74 Å². The number of hydrogen-bond acceptors (Lipinski definition) is 1. The monoisotopic (exact) mass is 136 g/mol. The zero-order valence-electron chi connectivity index (χ0n) is 5.36. The van der Waals surface area contributed by atoms with Crippen LogP contribution in [0, 0.1) is 0 Å². The Hall–Kier alpha value is -0.600. The van der Waals surface area contributed by atoms with E-state index in [0.717, 1.165) is 6.42 Å². The molecule has 0 bridgehead atoms. The van der Waals surface area contributed by atoms with Gasteiger partial charge in [0.25, 0.3) is 0 Å². The van der Waals surface area contributed by atoms with Crippen molar-refractivity contribution < 1.29 is 13.5 Å². The minimum atomic E-state index is -2.72. The largest absolute Gasteiger partial charge is 0.440 e. The van der Waals surface area contributed by atoms with Gasteiger partial charge in [-0.05, 0) is 6.42 Å². The fourth-order valence-electron chi connectivity index (χ4n) is 0.464. The highest BCUT2D eigenvalue weighted by molar-refractivity contribution is 4.80. The van der Waals surface area contributed by atoms with Crippen molar-refractivity contribution in [1.29, 1.82) is 0 Å². The Balaban J connectivity index is 3.27. The van der Waals surface area contributed by atoms with E-state index in [9.17, 15) is 8.78 Å². The summed E-state index contributed by atoms with van der Waals surface area (Å²) < 4.78 is 26.6. The lowest BCUT2D eigenvalue weighted by molar-refractivity contribution is -0.0979. The molecule has 0 unspecified atom stereocenters. The Bertz CT molecular complexity index is 91.1. The molecule has 3 heteroatoms. The molecule has 0 aliphatic heterocycles. The van der Waals surface area contributed by atoms with Gasteiger partial charge in [0, 0.05) is 6.42 Å². The Kier molecular flexibility index (Phi) is 4.01. The van der Waals surface area contributed by atoms with E-state index in [0.29, 0.717) is 6.42 Å². The van der Waals surface area contributed by atoms with Gasteiger partial charge in [-0.2, -0.15) is 8.78 Å². The smallest absolute Gasteiger partial charge is 0.387 e. The molecule has 0 N–H and O–H groups in total. The molecule has 0 radical (unpaired) electrons. The maximum absolute atomic E-state index is 11.3. The predicted molar refractivity (Wildman–Crippen MR) is 31.1 cm³/mol. The lowest BCUT2D eigenvalue weighted by Gasteiger charge is -2.04. The van der Waals surface area contributed by atoms with Gasteiger partial charge >= 0.3 is 6.61 Å². The minimum Gasteiger partial charge on any atom is -0.440 e. The van der Waals surface area contributed by atoms with Gasteiger partial charge < -0.3 is 4.74 Å². The first kappa shape index (κ1) is 8.40. The lowest BCUT2D eigenvalue weighted by Crippen LogP contribution is -1.97. The van der Waals surface area contributed by atoms with Crippen molar-refractivity contribution in [2.24, 2.45) is 0 Å². The molecule has 0 rings (SSSR count). The quantitative estimate of drug-likeness (QED) is 0.539. The second-order valence-electron chi connectivity index (χ2n) is 1.67. The van der Waals surface area contributed by atoms with E-state index in [-0.39, 0.29) is 5.76 Å². The second kappa shape index (κ2) is 4.30. The average Bonchev–Trinajstić information content (AvgIpc) is 1.63. The van der Waals surface area contributed by atoms with Crippen molar-refractivity contribution in [3.8, 4) is 0 Å². The van der Waals surface area contributed by atoms with E-state index < -0.39 is 6.61 Å². The van der Waals surface area contributed by atoms with Gasteiger partial charge in [0.1, 0.15) is 0 Å². The van der Waals surface area contributed by atoms with Crippen LogP contribution in [0.5, 0.6) is 0 Å². The third-order valence-electron chi connectivity index (χ3n) is 0.785. The standard InChI is InChI=1S/C6H10F2O/c1-3-4-5(2)9-6(7)8/h6H,2-4H2,1H3. The molecule has 0 aromatic heterocycles. The molecule has 0 amide bonds. The Labute approximate surface area is 53.3 Å². The molecule has 0 aromatic rings. The Morgan fingerprint density at radius 3 is 2.56 bits per heavy atom. The van der Waals surface area contributed by atoms with Crippen LogP contribution in [-0.4, -0.2) is 6.61 Å². The molecule has 0 aliphatic rings. The third kappa shape index (κ3) is 5.27. The summed E-state index contributed by atoms with van der Waals surface area (Å²) in [6.45, 7) is 2.44. The van der Waals surface area contributed by atoms with Crippen LogP contribution >= 0.6 is 0 Å². The molecule has 0 fully saturated rings. The number of allylic oxidation sites excluding steroid dienone is 1. The molecule has 1 nitrogen and oxygen atoms in total. The van der Waals surface area contributed by atoms with Gasteiger partial charge in [-0.25, -0.2) is 0 Å². The molecule has 0 saturated carbocycles. The van der Waals surface area contributed by atoms with Crippen LogP contribution in [0.3, 0.4) is 0 Å². The molecular formula is C6H10F2O. The van der Waals surface area contributed by atoms with Crippen molar-refractivity contribution in [1.82, 2.24) is 0 Å². The summed E-state index contributed by atoms with van der Waals surface area (Å²) in [7, 11) is 0. The fourth-order valence-corrected chi connectivity index (χ4v) is 0.464. The van der Waals surface area contributed by atoms with Crippen LogP contribution in [0.1, 0.15) is 19.8 Å². The van der Waals surface area contributed by atoms with Crippen LogP contribution < -0.4 is 0 Å². The molecule has 0 atom stereocenters. The molecule has 9 heavy (non-hydrogen) atoms. The number of halogens is 2. The minimum absolute atomic E-state index is 0.160. The molecule has 0 spiro atoms. The molecule has 0 saturated heterocycles. The van der Waals surface area contributed by atoms with Gasteiger partial charge in [-0.1, -0.05) is 13.5 Å². The van der Waals surface area contributed by atoms with Crippen molar-refractivity contribution in [3.05, 3.63) is 12.3 Å². The highest BCUT2D eigenvalue weighted by Crippen LogP contribution is 2.08. The molecule has 0 heterocycles. The first-order valence-electron chi connectivity index (χ1n) is 2.79. The summed E-state index contributed by atoms with van der Waals surface area (Å²) in [5.41, 5.74) is 0. The summed E-state index contributed by atoms with van der Waals surface area (Å²) in [6, 6.07) is 0. The number of hydrogen-bond donors (Lipinski definition) is 0. The molecule has 0 aromatic carbocycles. The van der Waals surface area contributed by atoms with E-state index in [1.54, 1.807) is 0 Å². The van der Waals surface area contributed by atoms with E-state index in [4.69, 9.17) is 0 Å².